The first kappa shape index (κ1) is 10.3. The molecule has 0 aliphatic carbocycles. The molecule has 60 valence electrons. The van der Waals surface area contributed by atoms with E-state index < -0.39 is 0 Å². The molecule has 0 rings (SSSR count). The van der Waals surface area contributed by atoms with E-state index in [1.165, 1.54) is 0 Å². The van der Waals surface area contributed by atoms with Gasteiger partial charge >= 0.3 is 0 Å². The van der Waals surface area contributed by atoms with Gasteiger partial charge in [-0.15, -0.1) is 11.6 Å². The molecule has 1 atom stereocenters. The molecule has 0 heterocycles. The number of halogens is 1. The van der Waals surface area contributed by atoms with E-state index in [-0.39, 0.29) is 8.96 Å². The molecule has 5 heteroatoms. The molecule has 0 saturated carbocycles. The van der Waals surface area contributed by atoms with Crippen LogP contribution in [0.4, 0.5) is 0 Å². The lowest BCUT2D eigenvalue weighted by atomic mass is 10.5. The number of carbonyl (C=O) groups excluding carboxylic acids is 1. The lowest BCUT2D eigenvalue weighted by Crippen LogP contribution is -2.05. The van der Waals surface area contributed by atoms with Gasteiger partial charge in [0.25, 0.3) is 0 Å². The highest BCUT2D eigenvalue weighted by atomic mass is 35.5. The van der Waals surface area contributed by atoms with Gasteiger partial charge in [0.1, 0.15) is 6.29 Å². The van der Waals surface area contributed by atoms with Crippen molar-refractivity contribution < 1.29 is 9.32 Å². The number of hydrogen-bond donors (Lipinski definition) is 1. The van der Waals surface area contributed by atoms with Gasteiger partial charge in [-0.1, -0.05) is 0 Å². The van der Waals surface area contributed by atoms with Crippen LogP contribution in [-0.2, 0) is 9.32 Å². The standard InChI is InChI=1S/C5H11ClNO2P/c6-2-3-7-10-9-5-1-4-8/h4,7,10H,1-3,5H2. The summed E-state index contributed by atoms with van der Waals surface area (Å²) in [5.74, 6) is 0.587. The Balaban J connectivity index is 2.70. The van der Waals surface area contributed by atoms with Gasteiger partial charge < -0.3 is 9.32 Å². The number of nitrogens with one attached hydrogen (secondary N) is 1. The maximum Gasteiger partial charge on any atom is 0.122 e. The Bertz CT molecular complexity index is 84.0. The molecule has 0 fully saturated rings. The Morgan fingerprint density at radius 1 is 1.70 bits per heavy atom. The van der Waals surface area contributed by atoms with Crippen LogP contribution < -0.4 is 5.09 Å². The predicted molar refractivity (Wildman–Crippen MR) is 43.7 cm³/mol. The van der Waals surface area contributed by atoms with Crippen LogP contribution in [0.25, 0.3) is 0 Å². The quantitative estimate of drug-likeness (QED) is 0.276. The van der Waals surface area contributed by atoms with E-state index >= 15 is 0 Å². The lowest BCUT2D eigenvalue weighted by Gasteiger charge is -2.00. The van der Waals surface area contributed by atoms with Crippen LogP contribution >= 0.6 is 20.6 Å². The van der Waals surface area contributed by atoms with E-state index in [0.717, 1.165) is 12.8 Å². The molecule has 10 heavy (non-hydrogen) atoms. The van der Waals surface area contributed by atoms with Crippen LogP contribution in [0.5, 0.6) is 0 Å². The van der Waals surface area contributed by atoms with Crippen LogP contribution in [-0.4, -0.2) is 25.3 Å². The van der Waals surface area contributed by atoms with Crippen molar-refractivity contribution in [2.24, 2.45) is 0 Å². The zero-order valence-corrected chi connectivity index (χ0v) is 7.36. The number of rotatable bonds is 7. The summed E-state index contributed by atoms with van der Waals surface area (Å²) in [6.07, 6.45) is 1.31. The summed E-state index contributed by atoms with van der Waals surface area (Å²) in [6.45, 7) is 1.25. The van der Waals surface area contributed by atoms with Gasteiger partial charge in [-0.05, 0) is 0 Å². The van der Waals surface area contributed by atoms with Crippen LogP contribution in [0.3, 0.4) is 0 Å². The normalized spacial score (nSPS) is 10.9. The van der Waals surface area contributed by atoms with Crippen molar-refractivity contribution in [2.75, 3.05) is 19.0 Å². The molecule has 0 amide bonds. The van der Waals surface area contributed by atoms with E-state index in [4.69, 9.17) is 16.1 Å². The molecular weight excluding hydrogens is 172 g/mol. The average Bonchev–Trinajstić information content (AvgIpc) is 1.97. The molecule has 0 aromatic rings. The van der Waals surface area contributed by atoms with Crippen molar-refractivity contribution in [2.45, 2.75) is 6.42 Å². The van der Waals surface area contributed by atoms with Gasteiger partial charge in [-0.2, -0.15) is 0 Å². The first-order valence-electron chi connectivity index (χ1n) is 3.01. The topological polar surface area (TPSA) is 38.3 Å². The average molecular weight is 184 g/mol. The Hall–Kier alpha value is 0.310. The first-order chi connectivity index (χ1) is 4.91. The van der Waals surface area contributed by atoms with Crippen molar-refractivity contribution in [3.8, 4) is 0 Å². The molecule has 3 nitrogen and oxygen atoms in total. The van der Waals surface area contributed by atoms with E-state index in [0.29, 0.717) is 18.9 Å². The maximum atomic E-state index is 9.78. The third-order valence-corrected chi connectivity index (χ3v) is 1.63. The minimum Gasteiger partial charge on any atom is -0.346 e. The SMILES string of the molecule is O=CCCOPNCCCl. The maximum absolute atomic E-state index is 9.78. The Labute approximate surface area is 67.4 Å². The summed E-state index contributed by atoms with van der Waals surface area (Å²) >= 11 is 5.37. The Morgan fingerprint density at radius 2 is 2.50 bits per heavy atom. The fraction of sp³-hybridized carbons (Fsp3) is 0.800. The lowest BCUT2D eigenvalue weighted by molar-refractivity contribution is -0.108. The molecule has 1 N–H and O–H groups in total. The van der Waals surface area contributed by atoms with Gasteiger partial charge in [-0.3, -0.25) is 5.09 Å². The molecule has 0 aromatic heterocycles. The molecule has 0 radical (unpaired) electrons. The molecular formula is C5H11ClNO2P. The molecule has 1 unspecified atom stereocenters. The van der Waals surface area contributed by atoms with Crippen molar-refractivity contribution in [3.05, 3.63) is 0 Å². The smallest absolute Gasteiger partial charge is 0.122 e. The number of aldehydes is 1. The van der Waals surface area contributed by atoms with Crippen molar-refractivity contribution in [3.63, 3.8) is 0 Å². The second-order valence-corrected chi connectivity index (χ2v) is 2.75. The van der Waals surface area contributed by atoms with E-state index in [1.54, 1.807) is 0 Å². The number of carbonyl (C=O) groups is 1. The highest BCUT2D eigenvalue weighted by Gasteiger charge is 1.85. The third-order valence-electron chi connectivity index (χ3n) is 0.702. The van der Waals surface area contributed by atoms with Crippen molar-refractivity contribution in [1.29, 1.82) is 0 Å². The first-order valence-corrected chi connectivity index (χ1v) is 4.45. The summed E-state index contributed by atoms with van der Waals surface area (Å²) < 4.78 is 5.00. The van der Waals surface area contributed by atoms with Crippen molar-refractivity contribution in [1.82, 2.24) is 5.09 Å². The van der Waals surface area contributed by atoms with Crippen LogP contribution in [0.2, 0.25) is 0 Å². The van der Waals surface area contributed by atoms with E-state index in [9.17, 15) is 4.79 Å². The van der Waals surface area contributed by atoms with Gasteiger partial charge in [-0.25, -0.2) is 0 Å². The molecule has 0 bridgehead atoms. The van der Waals surface area contributed by atoms with Crippen LogP contribution in [0.1, 0.15) is 6.42 Å². The second-order valence-electron chi connectivity index (χ2n) is 1.52. The fourth-order valence-electron chi connectivity index (χ4n) is 0.307. The van der Waals surface area contributed by atoms with Crippen LogP contribution in [0.15, 0.2) is 0 Å². The predicted octanol–water partition coefficient (Wildman–Crippen LogP) is 0.929. The number of hydrogen-bond acceptors (Lipinski definition) is 3. The fourth-order valence-corrected chi connectivity index (χ4v) is 1.11. The highest BCUT2D eigenvalue weighted by Crippen LogP contribution is 2.03. The van der Waals surface area contributed by atoms with Crippen molar-refractivity contribution >= 4 is 26.8 Å². The molecule has 0 spiro atoms. The summed E-state index contributed by atoms with van der Waals surface area (Å²) in [6, 6.07) is 0. The third kappa shape index (κ3) is 8.31. The van der Waals surface area contributed by atoms with E-state index in [2.05, 4.69) is 5.09 Å². The van der Waals surface area contributed by atoms with Crippen LogP contribution in [0, 0.1) is 0 Å². The molecule has 0 aliphatic heterocycles. The Morgan fingerprint density at radius 3 is 3.10 bits per heavy atom. The van der Waals surface area contributed by atoms with Gasteiger partial charge in [0.05, 0.1) is 15.6 Å². The zero-order valence-electron chi connectivity index (χ0n) is 5.60. The van der Waals surface area contributed by atoms with E-state index in [1.807, 2.05) is 0 Å². The minimum absolute atomic E-state index is 0.256. The Kier molecular flexibility index (Phi) is 9.60. The monoisotopic (exact) mass is 183 g/mol. The molecule has 0 saturated heterocycles. The largest absolute Gasteiger partial charge is 0.346 e. The van der Waals surface area contributed by atoms with Gasteiger partial charge in [0, 0.05) is 18.8 Å². The summed E-state index contributed by atoms with van der Waals surface area (Å²) in [7, 11) is 0.256. The summed E-state index contributed by atoms with van der Waals surface area (Å²) in [5.41, 5.74) is 0. The summed E-state index contributed by atoms with van der Waals surface area (Å²) in [5, 5.41) is 2.95. The molecule has 0 aliphatic rings. The summed E-state index contributed by atoms with van der Waals surface area (Å²) in [4.78, 5) is 9.78. The highest BCUT2D eigenvalue weighted by molar-refractivity contribution is 7.29. The number of alkyl halides is 1. The van der Waals surface area contributed by atoms with Gasteiger partial charge in [0.15, 0.2) is 0 Å². The minimum atomic E-state index is 0.256. The molecule has 0 aromatic carbocycles. The zero-order chi connectivity index (χ0) is 7.66. The van der Waals surface area contributed by atoms with Gasteiger partial charge in [0.2, 0.25) is 0 Å². The second kappa shape index (κ2) is 9.31.